The zero-order valence-corrected chi connectivity index (χ0v) is 9.16. The van der Waals surface area contributed by atoms with Crippen LogP contribution in [0.3, 0.4) is 0 Å². The Labute approximate surface area is 89.7 Å². The van der Waals surface area contributed by atoms with Gasteiger partial charge in [-0.25, -0.2) is 4.79 Å². The number of hydrogen-bond donors (Lipinski definition) is 0. The zero-order valence-electron chi connectivity index (χ0n) is 9.16. The maximum Gasteiger partial charge on any atom is 0.333 e. The molecular weight excluding hydrogens is 192 g/mol. The first-order chi connectivity index (χ1) is 7.24. The Morgan fingerprint density at radius 1 is 1.60 bits per heavy atom. The smallest absolute Gasteiger partial charge is 0.333 e. The Balaban J connectivity index is 2.34. The van der Waals surface area contributed by atoms with Crippen LogP contribution in [0.5, 0.6) is 0 Å². The Morgan fingerprint density at radius 2 is 2.40 bits per heavy atom. The summed E-state index contributed by atoms with van der Waals surface area (Å²) in [5.41, 5.74) is 1.81. The summed E-state index contributed by atoms with van der Waals surface area (Å²) in [4.78, 5) is 11.2. The minimum atomic E-state index is -0.232. The molecule has 0 radical (unpaired) electrons. The molecule has 0 saturated carbocycles. The van der Waals surface area contributed by atoms with Crippen molar-refractivity contribution in [1.29, 1.82) is 0 Å². The fourth-order valence-electron chi connectivity index (χ4n) is 1.22. The van der Waals surface area contributed by atoms with Crippen molar-refractivity contribution in [3.8, 4) is 0 Å². The number of rotatable bonds is 5. The maximum atomic E-state index is 11.2. The van der Waals surface area contributed by atoms with Gasteiger partial charge in [0.2, 0.25) is 0 Å². The first kappa shape index (κ1) is 11.6. The highest BCUT2D eigenvalue weighted by Crippen LogP contribution is 2.06. The summed E-state index contributed by atoms with van der Waals surface area (Å²) in [6, 6.07) is 1.92. The second kappa shape index (κ2) is 6.06. The molecule has 0 saturated heterocycles. The van der Waals surface area contributed by atoms with Crippen LogP contribution >= 0.6 is 0 Å². The lowest BCUT2D eigenvalue weighted by atomic mass is 10.1. The van der Waals surface area contributed by atoms with Gasteiger partial charge in [-0.3, -0.25) is 0 Å². The molecule has 1 heterocycles. The summed E-state index contributed by atoms with van der Waals surface area (Å²) in [6.45, 7) is 4.00. The van der Waals surface area contributed by atoms with Gasteiger partial charge in [-0.2, -0.15) is 0 Å². The van der Waals surface area contributed by atoms with Gasteiger partial charge >= 0.3 is 5.97 Å². The van der Waals surface area contributed by atoms with Crippen LogP contribution in [0.2, 0.25) is 0 Å². The molecule has 3 nitrogen and oxygen atoms in total. The molecule has 0 unspecified atom stereocenters. The van der Waals surface area contributed by atoms with Crippen LogP contribution in [0.15, 0.2) is 34.7 Å². The highest BCUT2D eigenvalue weighted by atomic mass is 16.5. The van der Waals surface area contributed by atoms with Crippen LogP contribution in [0.4, 0.5) is 0 Å². The molecule has 0 N–H and O–H groups in total. The van der Waals surface area contributed by atoms with E-state index in [9.17, 15) is 4.79 Å². The molecule has 0 aliphatic rings. The van der Waals surface area contributed by atoms with Crippen molar-refractivity contribution < 1.29 is 13.9 Å². The second-order valence-electron chi connectivity index (χ2n) is 3.28. The van der Waals surface area contributed by atoms with Crippen molar-refractivity contribution in [3.05, 3.63) is 35.8 Å². The minimum absolute atomic E-state index is 0.232. The fourth-order valence-corrected chi connectivity index (χ4v) is 1.22. The molecule has 0 aromatic carbocycles. The number of allylic oxidation sites excluding steroid dienone is 1. The van der Waals surface area contributed by atoms with E-state index in [0.29, 0.717) is 12.2 Å². The first-order valence-electron chi connectivity index (χ1n) is 5.09. The largest absolute Gasteiger partial charge is 0.472 e. The lowest BCUT2D eigenvalue weighted by Gasteiger charge is -2.00. The molecule has 1 rings (SSSR count). The van der Waals surface area contributed by atoms with Gasteiger partial charge in [-0.1, -0.05) is 6.08 Å². The van der Waals surface area contributed by atoms with Crippen molar-refractivity contribution in [2.75, 3.05) is 6.61 Å². The molecule has 0 fully saturated rings. The van der Waals surface area contributed by atoms with E-state index in [-0.39, 0.29) is 5.97 Å². The van der Waals surface area contributed by atoms with Crippen molar-refractivity contribution in [3.63, 3.8) is 0 Å². The van der Waals surface area contributed by atoms with E-state index in [1.54, 1.807) is 26.4 Å². The third kappa shape index (κ3) is 4.02. The summed E-state index contributed by atoms with van der Waals surface area (Å²) >= 11 is 0. The lowest BCUT2D eigenvalue weighted by molar-refractivity contribution is -0.138. The number of esters is 1. The first-order valence-corrected chi connectivity index (χ1v) is 5.09. The van der Waals surface area contributed by atoms with Gasteiger partial charge in [0.25, 0.3) is 0 Å². The van der Waals surface area contributed by atoms with Crippen molar-refractivity contribution in [1.82, 2.24) is 0 Å². The van der Waals surface area contributed by atoms with E-state index in [0.717, 1.165) is 18.4 Å². The van der Waals surface area contributed by atoms with Crippen LogP contribution in [-0.4, -0.2) is 12.6 Å². The van der Waals surface area contributed by atoms with Crippen LogP contribution in [-0.2, 0) is 16.0 Å². The van der Waals surface area contributed by atoms with Crippen LogP contribution in [0.25, 0.3) is 0 Å². The number of hydrogen-bond acceptors (Lipinski definition) is 3. The Kier molecular flexibility index (Phi) is 4.68. The minimum Gasteiger partial charge on any atom is -0.472 e. The molecule has 3 heteroatoms. The summed E-state index contributed by atoms with van der Waals surface area (Å²) in [6.07, 6.45) is 6.97. The molecule has 0 spiro atoms. The SMILES string of the molecule is CCOC(=O)C(C)=CCCc1ccoc1. The van der Waals surface area contributed by atoms with Gasteiger partial charge in [0.05, 0.1) is 19.1 Å². The highest BCUT2D eigenvalue weighted by molar-refractivity contribution is 5.87. The number of aryl methyl sites for hydroxylation is 1. The monoisotopic (exact) mass is 208 g/mol. The van der Waals surface area contributed by atoms with Gasteiger partial charge < -0.3 is 9.15 Å². The number of carbonyl (C=O) groups excluding carboxylic acids is 1. The standard InChI is InChI=1S/C12H16O3/c1-3-15-12(13)10(2)5-4-6-11-7-8-14-9-11/h5,7-9H,3-4,6H2,1-2H3. The molecular formula is C12H16O3. The molecule has 15 heavy (non-hydrogen) atoms. The van der Waals surface area contributed by atoms with Crippen molar-refractivity contribution >= 4 is 5.97 Å². The quantitative estimate of drug-likeness (QED) is 0.551. The van der Waals surface area contributed by atoms with Gasteiger partial charge in [0, 0.05) is 5.57 Å². The molecule has 0 bridgehead atoms. The topological polar surface area (TPSA) is 39.4 Å². The second-order valence-corrected chi connectivity index (χ2v) is 3.28. The van der Waals surface area contributed by atoms with Gasteiger partial charge in [-0.15, -0.1) is 0 Å². The van der Waals surface area contributed by atoms with E-state index in [2.05, 4.69) is 0 Å². The Morgan fingerprint density at radius 3 is 3.00 bits per heavy atom. The molecule has 0 atom stereocenters. The fraction of sp³-hybridized carbons (Fsp3) is 0.417. The van der Waals surface area contributed by atoms with Crippen molar-refractivity contribution in [2.24, 2.45) is 0 Å². The van der Waals surface area contributed by atoms with E-state index < -0.39 is 0 Å². The van der Waals surface area contributed by atoms with Gasteiger partial charge in [0.15, 0.2) is 0 Å². The summed E-state index contributed by atoms with van der Waals surface area (Å²) in [5.74, 6) is -0.232. The molecule has 0 aliphatic carbocycles. The summed E-state index contributed by atoms with van der Waals surface area (Å²) in [7, 11) is 0. The lowest BCUT2D eigenvalue weighted by Crippen LogP contribution is -2.05. The van der Waals surface area contributed by atoms with Crippen LogP contribution in [0.1, 0.15) is 25.8 Å². The summed E-state index contributed by atoms with van der Waals surface area (Å²) in [5, 5.41) is 0. The molecule has 0 amide bonds. The molecule has 82 valence electrons. The van der Waals surface area contributed by atoms with E-state index in [4.69, 9.17) is 9.15 Å². The molecule has 1 aromatic heterocycles. The summed E-state index contributed by atoms with van der Waals surface area (Å²) < 4.78 is 9.81. The van der Waals surface area contributed by atoms with E-state index in [1.807, 2.05) is 12.1 Å². The Bertz CT molecular complexity index is 323. The highest BCUT2D eigenvalue weighted by Gasteiger charge is 2.03. The number of carbonyl (C=O) groups is 1. The Hall–Kier alpha value is -1.51. The normalized spacial score (nSPS) is 11.5. The average molecular weight is 208 g/mol. The van der Waals surface area contributed by atoms with E-state index in [1.165, 1.54) is 0 Å². The third-order valence-corrected chi connectivity index (χ3v) is 2.06. The van der Waals surface area contributed by atoms with E-state index >= 15 is 0 Å². The van der Waals surface area contributed by atoms with Crippen LogP contribution in [0, 0.1) is 0 Å². The maximum absolute atomic E-state index is 11.2. The predicted molar refractivity (Wildman–Crippen MR) is 57.4 cm³/mol. The zero-order chi connectivity index (χ0) is 11.1. The number of ether oxygens (including phenoxy) is 1. The molecule has 0 aliphatic heterocycles. The molecule has 1 aromatic rings. The van der Waals surface area contributed by atoms with Crippen molar-refractivity contribution in [2.45, 2.75) is 26.7 Å². The predicted octanol–water partition coefficient (Wildman–Crippen LogP) is 2.72. The average Bonchev–Trinajstić information content (AvgIpc) is 2.71. The van der Waals surface area contributed by atoms with Gasteiger partial charge in [0.1, 0.15) is 0 Å². The van der Waals surface area contributed by atoms with Crippen LogP contribution < -0.4 is 0 Å². The number of furan rings is 1. The third-order valence-electron chi connectivity index (χ3n) is 2.06. The van der Waals surface area contributed by atoms with Gasteiger partial charge in [-0.05, 0) is 38.3 Å².